The van der Waals surface area contributed by atoms with Crippen LogP contribution in [0.15, 0.2) is 36.4 Å². The van der Waals surface area contributed by atoms with Crippen molar-refractivity contribution >= 4 is 11.6 Å². The second kappa shape index (κ2) is 6.29. The minimum Gasteiger partial charge on any atom is -0.306 e. The summed E-state index contributed by atoms with van der Waals surface area (Å²) < 4.78 is 40.1. The van der Waals surface area contributed by atoms with Gasteiger partial charge in [-0.05, 0) is 19.1 Å². The molecule has 1 N–H and O–H groups in total. The van der Waals surface area contributed by atoms with Crippen molar-refractivity contribution in [1.82, 2.24) is 5.32 Å². The Morgan fingerprint density at radius 2 is 1.90 bits per heavy atom. The molecule has 2 aromatic rings. The van der Waals surface area contributed by atoms with Crippen LogP contribution in [0, 0.1) is 17.5 Å². The van der Waals surface area contributed by atoms with Gasteiger partial charge in [-0.15, -0.1) is 0 Å². The van der Waals surface area contributed by atoms with E-state index < -0.39 is 17.5 Å². The first-order chi connectivity index (χ1) is 9.49. The van der Waals surface area contributed by atoms with Crippen molar-refractivity contribution in [2.45, 2.75) is 19.5 Å². The zero-order valence-electron chi connectivity index (χ0n) is 10.8. The Kier molecular flexibility index (Phi) is 4.68. The van der Waals surface area contributed by atoms with Gasteiger partial charge in [-0.3, -0.25) is 0 Å². The number of benzene rings is 2. The standard InChI is InChI=1S/C15H13ClF3N/c1-9(12-6-5-11(17)7-14(12)18)20-8-10-3-2-4-13(16)15(10)19/h2-7,9,20H,8H2,1H3. The van der Waals surface area contributed by atoms with Crippen LogP contribution in [0.25, 0.3) is 0 Å². The van der Waals surface area contributed by atoms with Gasteiger partial charge in [0.25, 0.3) is 0 Å². The second-order valence-electron chi connectivity index (χ2n) is 4.48. The Morgan fingerprint density at radius 1 is 1.15 bits per heavy atom. The van der Waals surface area contributed by atoms with Crippen molar-refractivity contribution in [3.05, 3.63) is 70.0 Å². The van der Waals surface area contributed by atoms with Crippen molar-refractivity contribution < 1.29 is 13.2 Å². The molecular weight excluding hydrogens is 287 g/mol. The quantitative estimate of drug-likeness (QED) is 0.869. The molecule has 5 heteroatoms. The average molecular weight is 300 g/mol. The predicted octanol–water partition coefficient (Wildman–Crippen LogP) is 4.61. The highest BCUT2D eigenvalue weighted by Gasteiger charge is 2.13. The van der Waals surface area contributed by atoms with Crippen molar-refractivity contribution in [1.29, 1.82) is 0 Å². The lowest BCUT2D eigenvalue weighted by molar-refractivity contribution is 0.508. The largest absolute Gasteiger partial charge is 0.306 e. The highest BCUT2D eigenvalue weighted by atomic mass is 35.5. The van der Waals surface area contributed by atoms with Crippen molar-refractivity contribution in [3.8, 4) is 0 Å². The Morgan fingerprint density at radius 3 is 2.60 bits per heavy atom. The van der Waals surface area contributed by atoms with E-state index in [9.17, 15) is 13.2 Å². The molecule has 0 aliphatic heterocycles. The summed E-state index contributed by atoms with van der Waals surface area (Å²) in [5, 5.41) is 3.03. The number of nitrogens with one attached hydrogen (secondary N) is 1. The first-order valence-electron chi connectivity index (χ1n) is 6.10. The van der Waals surface area contributed by atoms with Crippen molar-refractivity contribution in [3.63, 3.8) is 0 Å². The third kappa shape index (κ3) is 3.32. The van der Waals surface area contributed by atoms with Gasteiger partial charge in [-0.25, -0.2) is 13.2 Å². The van der Waals surface area contributed by atoms with Gasteiger partial charge in [-0.1, -0.05) is 29.8 Å². The average Bonchev–Trinajstić information content (AvgIpc) is 2.40. The van der Waals surface area contributed by atoms with Crippen LogP contribution < -0.4 is 5.32 Å². The van der Waals surface area contributed by atoms with Crippen LogP contribution in [0.4, 0.5) is 13.2 Å². The monoisotopic (exact) mass is 299 g/mol. The van der Waals surface area contributed by atoms with Gasteiger partial charge in [-0.2, -0.15) is 0 Å². The maximum absolute atomic E-state index is 13.7. The maximum atomic E-state index is 13.7. The summed E-state index contributed by atoms with van der Waals surface area (Å²) >= 11 is 5.68. The van der Waals surface area contributed by atoms with Crippen LogP contribution in [0.5, 0.6) is 0 Å². The minimum absolute atomic E-state index is 0.0462. The molecule has 0 aromatic heterocycles. The molecule has 2 rings (SSSR count). The van der Waals surface area contributed by atoms with Gasteiger partial charge in [0.05, 0.1) is 5.02 Å². The molecule has 0 spiro atoms. The van der Waals surface area contributed by atoms with E-state index in [0.29, 0.717) is 11.1 Å². The molecule has 0 radical (unpaired) electrons. The van der Waals surface area contributed by atoms with E-state index in [4.69, 9.17) is 11.6 Å². The van der Waals surface area contributed by atoms with Crippen LogP contribution in [-0.2, 0) is 6.54 Å². The lowest BCUT2D eigenvalue weighted by Gasteiger charge is -2.15. The third-order valence-electron chi connectivity index (χ3n) is 3.06. The lowest BCUT2D eigenvalue weighted by Crippen LogP contribution is -2.20. The van der Waals surface area contributed by atoms with Crippen LogP contribution in [-0.4, -0.2) is 0 Å². The molecule has 0 saturated carbocycles. The topological polar surface area (TPSA) is 12.0 Å². The summed E-state index contributed by atoms with van der Waals surface area (Å²) in [7, 11) is 0. The summed E-state index contributed by atoms with van der Waals surface area (Å²) in [6.45, 7) is 1.92. The van der Waals surface area contributed by atoms with E-state index in [1.807, 2.05) is 0 Å². The molecule has 0 amide bonds. The number of rotatable bonds is 4. The molecule has 0 bridgehead atoms. The van der Waals surface area contributed by atoms with E-state index in [-0.39, 0.29) is 17.6 Å². The lowest BCUT2D eigenvalue weighted by atomic mass is 10.1. The molecule has 1 atom stereocenters. The highest BCUT2D eigenvalue weighted by Crippen LogP contribution is 2.21. The molecule has 0 fully saturated rings. The number of halogens is 4. The van der Waals surface area contributed by atoms with E-state index in [2.05, 4.69) is 5.32 Å². The predicted molar refractivity (Wildman–Crippen MR) is 73.0 cm³/mol. The van der Waals surface area contributed by atoms with Gasteiger partial charge >= 0.3 is 0 Å². The number of hydrogen-bond acceptors (Lipinski definition) is 1. The first-order valence-corrected chi connectivity index (χ1v) is 6.48. The van der Waals surface area contributed by atoms with Gasteiger partial charge in [0.15, 0.2) is 0 Å². The van der Waals surface area contributed by atoms with E-state index in [1.54, 1.807) is 19.1 Å². The Labute approximate surface area is 120 Å². The third-order valence-corrected chi connectivity index (χ3v) is 3.35. The van der Waals surface area contributed by atoms with Crippen LogP contribution in [0.3, 0.4) is 0 Å². The Bertz CT molecular complexity index is 616. The molecular formula is C15H13ClF3N. The zero-order valence-corrected chi connectivity index (χ0v) is 11.5. The molecule has 1 nitrogen and oxygen atoms in total. The Balaban J connectivity index is 2.08. The summed E-state index contributed by atoms with van der Waals surface area (Å²) in [4.78, 5) is 0. The fraction of sp³-hybridized carbons (Fsp3) is 0.200. The summed E-state index contributed by atoms with van der Waals surface area (Å²) in [6.07, 6.45) is 0. The SMILES string of the molecule is CC(NCc1cccc(Cl)c1F)c1ccc(F)cc1F. The van der Waals surface area contributed by atoms with Crippen LogP contribution >= 0.6 is 11.6 Å². The van der Waals surface area contributed by atoms with Crippen LogP contribution in [0.2, 0.25) is 5.02 Å². The molecule has 1 unspecified atom stereocenters. The van der Waals surface area contributed by atoms with Crippen molar-refractivity contribution in [2.24, 2.45) is 0 Å². The molecule has 0 aliphatic carbocycles. The fourth-order valence-electron chi connectivity index (χ4n) is 1.91. The fourth-order valence-corrected chi connectivity index (χ4v) is 2.10. The van der Waals surface area contributed by atoms with E-state index >= 15 is 0 Å². The van der Waals surface area contributed by atoms with Gasteiger partial charge in [0, 0.05) is 29.8 Å². The van der Waals surface area contributed by atoms with Crippen LogP contribution in [0.1, 0.15) is 24.1 Å². The van der Waals surface area contributed by atoms with Gasteiger partial charge in [0.1, 0.15) is 17.5 Å². The summed E-state index contributed by atoms with van der Waals surface area (Å²) in [6, 6.07) is 7.71. The zero-order chi connectivity index (χ0) is 14.7. The van der Waals surface area contributed by atoms with E-state index in [1.165, 1.54) is 18.2 Å². The maximum Gasteiger partial charge on any atom is 0.146 e. The molecule has 106 valence electrons. The van der Waals surface area contributed by atoms with Crippen molar-refractivity contribution in [2.75, 3.05) is 0 Å². The summed E-state index contributed by atoms with van der Waals surface area (Å²) in [5.74, 6) is -1.75. The molecule has 20 heavy (non-hydrogen) atoms. The highest BCUT2D eigenvalue weighted by molar-refractivity contribution is 6.30. The molecule has 2 aromatic carbocycles. The normalized spacial score (nSPS) is 12.4. The van der Waals surface area contributed by atoms with Gasteiger partial charge in [0.2, 0.25) is 0 Å². The Hall–Kier alpha value is -1.52. The first kappa shape index (κ1) is 14.9. The van der Waals surface area contributed by atoms with E-state index in [0.717, 1.165) is 6.07 Å². The molecule has 0 heterocycles. The molecule has 0 saturated heterocycles. The minimum atomic E-state index is -0.628. The molecule has 0 aliphatic rings. The number of hydrogen-bond donors (Lipinski definition) is 1. The van der Waals surface area contributed by atoms with Gasteiger partial charge < -0.3 is 5.32 Å². The second-order valence-corrected chi connectivity index (χ2v) is 4.89. The smallest absolute Gasteiger partial charge is 0.146 e. The summed E-state index contributed by atoms with van der Waals surface area (Å²) in [5.41, 5.74) is 0.723.